The lowest BCUT2D eigenvalue weighted by Crippen LogP contribution is -1.99. The summed E-state index contributed by atoms with van der Waals surface area (Å²) in [5.74, 6) is -0.956. The molecule has 0 unspecified atom stereocenters. The van der Waals surface area contributed by atoms with Gasteiger partial charge in [-0.3, -0.25) is 0 Å². The first-order chi connectivity index (χ1) is 6.59. The number of aryl methyl sites for hydroxylation is 1. The molecule has 3 N–H and O–H groups in total. The predicted molar refractivity (Wildman–Crippen MR) is 54.3 cm³/mol. The van der Waals surface area contributed by atoms with Crippen molar-refractivity contribution in [1.29, 1.82) is 0 Å². The van der Waals surface area contributed by atoms with Crippen LogP contribution in [0.2, 0.25) is 0 Å². The molecule has 0 saturated carbocycles. The number of hydrogen-bond donors (Lipinski definition) is 2. The highest BCUT2D eigenvalue weighted by Crippen LogP contribution is 2.23. The molecule has 0 fully saturated rings. The first-order valence-electron chi connectivity index (χ1n) is 4.17. The second-order valence-corrected chi connectivity index (χ2v) is 3.24. The minimum atomic E-state index is -0.956. The summed E-state index contributed by atoms with van der Waals surface area (Å²) < 4.78 is 1.87. The van der Waals surface area contributed by atoms with Crippen LogP contribution < -0.4 is 5.73 Å². The summed E-state index contributed by atoms with van der Waals surface area (Å²) >= 11 is 0. The monoisotopic (exact) mass is 190 g/mol. The van der Waals surface area contributed by atoms with E-state index in [9.17, 15) is 4.79 Å². The predicted octanol–water partition coefficient (Wildman–Crippen LogP) is 1.46. The molecule has 1 aromatic heterocycles. The van der Waals surface area contributed by atoms with Crippen molar-refractivity contribution in [1.82, 2.24) is 4.57 Å². The molecule has 2 aromatic rings. The van der Waals surface area contributed by atoms with Crippen molar-refractivity contribution in [3.8, 4) is 0 Å². The summed E-state index contributed by atoms with van der Waals surface area (Å²) in [7, 11) is 1.87. The second-order valence-electron chi connectivity index (χ2n) is 3.24. The average molecular weight is 190 g/mol. The number of hydrogen-bond acceptors (Lipinski definition) is 2. The van der Waals surface area contributed by atoms with Crippen LogP contribution in [0.3, 0.4) is 0 Å². The Morgan fingerprint density at radius 3 is 2.86 bits per heavy atom. The van der Waals surface area contributed by atoms with E-state index < -0.39 is 5.97 Å². The summed E-state index contributed by atoms with van der Waals surface area (Å²) in [6, 6.07) is 4.94. The van der Waals surface area contributed by atoms with E-state index in [0.717, 1.165) is 10.9 Å². The van der Waals surface area contributed by atoms with Crippen molar-refractivity contribution in [2.24, 2.45) is 7.05 Å². The number of nitrogen functional groups attached to an aromatic ring is 1. The number of nitrogens with two attached hydrogens (primary N) is 1. The number of fused-ring (bicyclic) bond motifs is 1. The van der Waals surface area contributed by atoms with Gasteiger partial charge in [0.05, 0.1) is 16.8 Å². The number of carbonyl (C=O) groups is 1. The number of nitrogens with zero attached hydrogens (tertiary/aromatic N) is 1. The third-order valence-electron chi connectivity index (χ3n) is 2.25. The Hall–Kier alpha value is -1.97. The molecular formula is C10H10N2O2. The Bertz CT molecular complexity index is 514. The minimum absolute atomic E-state index is 0.223. The van der Waals surface area contributed by atoms with Gasteiger partial charge in [-0.25, -0.2) is 4.79 Å². The molecule has 0 amide bonds. The molecule has 72 valence electrons. The van der Waals surface area contributed by atoms with Crippen LogP contribution in [-0.2, 0) is 7.05 Å². The lowest BCUT2D eigenvalue weighted by molar-refractivity contribution is 0.0697. The molecule has 0 aliphatic heterocycles. The molecule has 0 saturated heterocycles. The first kappa shape index (κ1) is 8.62. The van der Waals surface area contributed by atoms with Gasteiger partial charge in [0.2, 0.25) is 0 Å². The maximum absolute atomic E-state index is 10.7. The standard InChI is InChI=1S/C10H10N2O2/c1-12-3-2-6-4-7(10(13)14)5-8(11)9(6)12/h2-5H,11H2,1H3,(H,13,14). The Balaban J connectivity index is 2.80. The van der Waals surface area contributed by atoms with Gasteiger partial charge in [0, 0.05) is 18.6 Å². The molecule has 0 radical (unpaired) electrons. The van der Waals surface area contributed by atoms with Gasteiger partial charge in [0.15, 0.2) is 0 Å². The summed E-state index contributed by atoms with van der Waals surface area (Å²) in [5, 5.41) is 9.66. The number of rotatable bonds is 1. The van der Waals surface area contributed by atoms with Gasteiger partial charge < -0.3 is 15.4 Å². The quantitative estimate of drug-likeness (QED) is 0.669. The van der Waals surface area contributed by atoms with Crippen LogP contribution in [0.1, 0.15) is 10.4 Å². The fraction of sp³-hybridized carbons (Fsp3) is 0.100. The van der Waals surface area contributed by atoms with Gasteiger partial charge in [-0.15, -0.1) is 0 Å². The molecule has 4 heteroatoms. The van der Waals surface area contributed by atoms with Gasteiger partial charge in [-0.2, -0.15) is 0 Å². The fourth-order valence-corrected chi connectivity index (χ4v) is 1.60. The number of carboxylic acid groups (broad SMARTS) is 1. The van der Waals surface area contributed by atoms with Crippen molar-refractivity contribution in [3.63, 3.8) is 0 Å². The van der Waals surface area contributed by atoms with E-state index in [1.54, 1.807) is 6.07 Å². The highest BCUT2D eigenvalue weighted by Gasteiger charge is 2.08. The van der Waals surface area contributed by atoms with E-state index in [-0.39, 0.29) is 5.56 Å². The number of benzene rings is 1. The molecule has 0 bridgehead atoms. The van der Waals surface area contributed by atoms with Crippen LogP contribution in [-0.4, -0.2) is 15.6 Å². The fourth-order valence-electron chi connectivity index (χ4n) is 1.60. The van der Waals surface area contributed by atoms with Crippen LogP contribution in [0.5, 0.6) is 0 Å². The van der Waals surface area contributed by atoms with Crippen molar-refractivity contribution < 1.29 is 9.90 Å². The van der Waals surface area contributed by atoms with Crippen LogP contribution in [0, 0.1) is 0 Å². The van der Waals surface area contributed by atoms with Crippen molar-refractivity contribution >= 4 is 22.6 Å². The van der Waals surface area contributed by atoms with E-state index >= 15 is 0 Å². The zero-order chi connectivity index (χ0) is 10.3. The molecule has 0 aliphatic rings. The number of aromatic carboxylic acids is 1. The highest BCUT2D eigenvalue weighted by molar-refractivity contribution is 5.99. The Morgan fingerprint density at radius 2 is 2.21 bits per heavy atom. The normalized spacial score (nSPS) is 10.6. The Morgan fingerprint density at radius 1 is 1.50 bits per heavy atom. The lowest BCUT2D eigenvalue weighted by Gasteiger charge is -2.02. The van der Waals surface area contributed by atoms with Gasteiger partial charge in [-0.1, -0.05) is 0 Å². The summed E-state index contributed by atoms with van der Waals surface area (Å²) in [6.45, 7) is 0. The van der Waals surface area contributed by atoms with Gasteiger partial charge in [-0.05, 0) is 18.2 Å². The summed E-state index contributed by atoms with van der Waals surface area (Å²) in [5.41, 5.74) is 7.34. The van der Waals surface area contributed by atoms with Gasteiger partial charge in [0.25, 0.3) is 0 Å². The van der Waals surface area contributed by atoms with Crippen LogP contribution >= 0.6 is 0 Å². The molecule has 0 atom stereocenters. The van der Waals surface area contributed by atoms with Gasteiger partial charge >= 0.3 is 5.97 Å². The average Bonchev–Trinajstić information content (AvgIpc) is 2.48. The number of aromatic nitrogens is 1. The maximum Gasteiger partial charge on any atom is 0.335 e. The Labute approximate surface area is 80.6 Å². The summed E-state index contributed by atoms with van der Waals surface area (Å²) in [4.78, 5) is 10.7. The second kappa shape index (κ2) is 2.77. The van der Waals surface area contributed by atoms with E-state index in [0.29, 0.717) is 5.69 Å². The van der Waals surface area contributed by atoms with Crippen molar-refractivity contribution in [2.75, 3.05) is 5.73 Å². The van der Waals surface area contributed by atoms with Gasteiger partial charge in [0.1, 0.15) is 0 Å². The molecule has 0 aliphatic carbocycles. The van der Waals surface area contributed by atoms with Crippen LogP contribution in [0.15, 0.2) is 24.4 Å². The van der Waals surface area contributed by atoms with Crippen LogP contribution in [0.25, 0.3) is 10.9 Å². The molecule has 1 aromatic carbocycles. The maximum atomic E-state index is 10.7. The third-order valence-corrected chi connectivity index (χ3v) is 2.25. The lowest BCUT2D eigenvalue weighted by atomic mass is 10.1. The van der Waals surface area contributed by atoms with Crippen molar-refractivity contribution in [2.45, 2.75) is 0 Å². The SMILES string of the molecule is Cn1ccc2cc(C(=O)O)cc(N)c21. The molecule has 4 nitrogen and oxygen atoms in total. The molecular weight excluding hydrogens is 180 g/mol. The number of anilines is 1. The van der Waals surface area contributed by atoms with E-state index in [2.05, 4.69) is 0 Å². The van der Waals surface area contributed by atoms with E-state index in [1.807, 2.05) is 23.9 Å². The molecule has 0 spiro atoms. The third kappa shape index (κ3) is 1.12. The minimum Gasteiger partial charge on any atom is -0.478 e. The zero-order valence-corrected chi connectivity index (χ0v) is 7.69. The topological polar surface area (TPSA) is 68.2 Å². The number of carboxylic acids is 1. The highest BCUT2D eigenvalue weighted by atomic mass is 16.4. The molecule has 2 rings (SSSR count). The largest absolute Gasteiger partial charge is 0.478 e. The van der Waals surface area contributed by atoms with E-state index in [1.165, 1.54) is 6.07 Å². The van der Waals surface area contributed by atoms with Crippen LogP contribution in [0.4, 0.5) is 5.69 Å². The molecule has 1 heterocycles. The summed E-state index contributed by atoms with van der Waals surface area (Å²) in [6.07, 6.45) is 1.85. The smallest absolute Gasteiger partial charge is 0.335 e. The van der Waals surface area contributed by atoms with Crippen molar-refractivity contribution in [3.05, 3.63) is 30.0 Å². The van der Waals surface area contributed by atoms with E-state index in [4.69, 9.17) is 10.8 Å². The first-order valence-corrected chi connectivity index (χ1v) is 4.17. The Kier molecular flexibility index (Phi) is 1.70. The zero-order valence-electron chi connectivity index (χ0n) is 7.69. The molecule has 14 heavy (non-hydrogen) atoms.